The molecule has 21 heavy (non-hydrogen) atoms. The fraction of sp³-hybridized carbons (Fsp3) is 0.467. The summed E-state index contributed by atoms with van der Waals surface area (Å²) in [5.74, 6) is -1.02. The number of carbonyl (C=O) groups excluding carboxylic acids is 1. The van der Waals surface area contributed by atoms with Crippen molar-refractivity contribution in [3.05, 3.63) is 35.4 Å². The Morgan fingerprint density at radius 1 is 1.33 bits per heavy atom. The number of carboxylic acid groups (broad SMARTS) is 1. The molecule has 0 aliphatic rings. The molecular formula is C15H22N2O3S. The first-order chi connectivity index (χ1) is 9.72. The van der Waals surface area contributed by atoms with Crippen LogP contribution in [0.3, 0.4) is 0 Å². The zero-order valence-electron chi connectivity index (χ0n) is 12.6. The van der Waals surface area contributed by atoms with E-state index in [9.17, 15) is 9.59 Å². The Labute approximate surface area is 129 Å². The van der Waals surface area contributed by atoms with Crippen LogP contribution in [0.2, 0.25) is 0 Å². The zero-order chi connectivity index (χ0) is 16.0. The van der Waals surface area contributed by atoms with E-state index < -0.39 is 16.8 Å². The van der Waals surface area contributed by atoms with Crippen LogP contribution in [0.15, 0.2) is 24.3 Å². The van der Waals surface area contributed by atoms with Crippen molar-refractivity contribution in [2.75, 3.05) is 5.75 Å². The maximum absolute atomic E-state index is 11.8. The van der Waals surface area contributed by atoms with Gasteiger partial charge in [-0.2, -0.15) is 0 Å². The van der Waals surface area contributed by atoms with Gasteiger partial charge in [0.2, 0.25) is 5.91 Å². The van der Waals surface area contributed by atoms with E-state index in [4.69, 9.17) is 10.8 Å². The van der Waals surface area contributed by atoms with Crippen molar-refractivity contribution in [3.63, 3.8) is 0 Å². The molecule has 0 aromatic heterocycles. The number of carboxylic acids is 1. The Bertz CT molecular complexity index is 500. The number of aryl methyl sites for hydroxylation is 1. The van der Waals surface area contributed by atoms with Crippen LogP contribution in [0, 0.1) is 6.92 Å². The van der Waals surface area contributed by atoms with Crippen LogP contribution in [0.4, 0.5) is 0 Å². The van der Waals surface area contributed by atoms with Gasteiger partial charge < -0.3 is 16.2 Å². The summed E-state index contributed by atoms with van der Waals surface area (Å²) in [6.45, 7) is 5.92. The van der Waals surface area contributed by atoms with Crippen LogP contribution in [-0.2, 0) is 16.1 Å². The largest absolute Gasteiger partial charge is 0.480 e. The Morgan fingerprint density at radius 3 is 2.43 bits per heavy atom. The van der Waals surface area contributed by atoms with E-state index in [1.165, 1.54) is 17.3 Å². The monoisotopic (exact) mass is 310 g/mol. The second-order valence-electron chi connectivity index (χ2n) is 5.47. The zero-order valence-corrected chi connectivity index (χ0v) is 13.4. The third kappa shape index (κ3) is 5.77. The quantitative estimate of drug-likeness (QED) is 0.710. The summed E-state index contributed by atoms with van der Waals surface area (Å²) in [7, 11) is 0. The third-order valence-electron chi connectivity index (χ3n) is 3.20. The van der Waals surface area contributed by atoms with E-state index in [-0.39, 0.29) is 11.7 Å². The predicted octanol–water partition coefficient (Wildman–Crippen LogP) is 1.53. The number of hydrogen-bond acceptors (Lipinski definition) is 4. The molecule has 1 aromatic carbocycles. The minimum Gasteiger partial charge on any atom is -0.480 e. The van der Waals surface area contributed by atoms with E-state index in [0.29, 0.717) is 6.54 Å². The maximum atomic E-state index is 11.8. The summed E-state index contributed by atoms with van der Waals surface area (Å²) in [4.78, 5) is 22.7. The lowest BCUT2D eigenvalue weighted by molar-refractivity contribution is -0.139. The minimum atomic E-state index is -1.06. The number of rotatable bonds is 7. The number of nitrogens with one attached hydrogen (secondary N) is 1. The molecule has 5 nitrogen and oxygen atoms in total. The van der Waals surface area contributed by atoms with Gasteiger partial charge in [-0.1, -0.05) is 29.8 Å². The van der Waals surface area contributed by atoms with E-state index in [1.54, 1.807) is 13.8 Å². The van der Waals surface area contributed by atoms with Gasteiger partial charge in [-0.25, -0.2) is 0 Å². The molecule has 0 unspecified atom stereocenters. The number of benzene rings is 1. The number of thioether (sulfide) groups is 1. The SMILES string of the molecule is Cc1ccc(CNC(=O)CSC(C)(C)[C@H](N)C(=O)O)cc1. The molecule has 1 amide bonds. The van der Waals surface area contributed by atoms with Crippen molar-refractivity contribution in [2.24, 2.45) is 5.73 Å². The number of amides is 1. The smallest absolute Gasteiger partial charge is 0.321 e. The van der Waals surface area contributed by atoms with Gasteiger partial charge in [0, 0.05) is 11.3 Å². The van der Waals surface area contributed by atoms with E-state index in [2.05, 4.69) is 5.32 Å². The molecule has 0 bridgehead atoms. The lowest BCUT2D eigenvalue weighted by atomic mass is 10.1. The Hall–Kier alpha value is -1.53. The fourth-order valence-electron chi connectivity index (χ4n) is 1.60. The van der Waals surface area contributed by atoms with Gasteiger partial charge in [0.25, 0.3) is 0 Å². The highest BCUT2D eigenvalue weighted by molar-refractivity contribution is 8.01. The summed E-state index contributed by atoms with van der Waals surface area (Å²) in [5, 5.41) is 11.7. The summed E-state index contributed by atoms with van der Waals surface area (Å²) in [6, 6.07) is 6.91. The number of nitrogens with two attached hydrogens (primary N) is 1. The van der Waals surface area contributed by atoms with Crippen LogP contribution in [0.25, 0.3) is 0 Å². The van der Waals surface area contributed by atoms with Crippen LogP contribution < -0.4 is 11.1 Å². The first-order valence-electron chi connectivity index (χ1n) is 6.67. The maximum Gasteiger partial charge on any atom is 0.321 e. The predicted molar refractivity (Wildman–Crippen MR) is 85.2 cm³/mol. The highest BCUT2D eigenvalue weighted by Crippen LogP contribution is 2.27. The molecule has 0 spiro atoms. The van der Waals surface area contributed by atoms with Crippen molar-refractivity contribution in [1.82, 2.24) is 5.32 Å². The number of hydrogen-bond donors (Lipinski definition) is 3. The molecular weight excluding hydrogens is 288 g/mol. The Kier molecular flexibility index (Phi) is 6.23. The van der Waals surface area contributed by atoms with Gasteiger partial charge in [-0.3, -0.25) is 9.59 Å². The van der Waals surface area contributed by atoms with Gasteiger partial charge in [-0.15, -0.1) is 11.8 Å². The summed E-state index contributed by atoms with van der Waals surface area (Å²) < 4.78 is -0.701. The topological polar surface area (TPSA) is 92.4 Å². The van der Waals surface area contributed by atoms with E-state index >= 15 is 0 Å². The highest BCUT2D eigenvalue weighted by atomic mass is 32.2. The van der Waals surface area contributed by atoms with E-state index in [1.807, 2.05) is 31.2 Å². The molecule has 116 valence electrons. The summed E-state index contributed by atoms with van der Waals surface area (Å²) >= 11 is 1.24. The van der Waals surface area contributed by atoms with Crippen molar-refractivity contribution >= 4 is 23.6 Å². The van der Waals surface area contributed by atoms with Gasteiger partial charge in [0.1, 0.15) is 6.04 Å². The molecule has 0 heterocycles. The Balaban J connectivity index is 2.40. The highest BCUT2D eigenvalue weighted by Gasteiger charge is 2.33. The lowest BCUT2D eigenvalue weighted by Gasteiger charge is -2.27. The molecule has 1 atom stereocenters. The molecule has 0 saturated carbocycles. The molecule has 0 aliphatic heterocycles. The summed E-state index contributed by atoms with van der Waals surface area (Å²) in [5.41, 5.74) is 7.81. The van der Waals surface area contributed by atoms with Crippen LogP contribution in [0.5, 0.6) is 0 Å². The molecule has 4 N–H and O–H groups in total. The first kappa shape index (κ1) is 17.5. The van der Waals surface area contributed by atoms with Gasteiger partial charge in [0.15, 0.2) is 0 Å². The number of aliphatic carboxylic acids is 1. The molecule has 0 saturated heterocycles. The fourth-order valence-corrected chi connectivity index (χ4v) is 2.48. The normalized spacial score (nSPS) is 12.8. The standard InChI is InChI=1S/C15H22N2O3S/c1-10-4-6-11(7-5-10)8-17-12(18)9-21-15(2,3)13(16)14(19)20/h4-7,13H,8-9,16H2,1-3H3,(H,17,18)(H,19,20)/t13-/m1/s1. The van der Waals surface area contributed by atoms with E-state index in [0.717, 1.165) is 5.56 Å². The first-order valence-corrected chi connectivity index (χ1v) is 7.65. The average Bonchev–Trinajstić information content (AvgIpc) is 2.43. The van der Waals surface area contributed by atoms with Gasteiger partial charge in [0.05, 0.1) is 5.75 Å². The van der Waals surface area contributed by atoms with Crippen molar-refractivity contribution in [2.45, 2.75) is 38.1 Å². The average molecular weight is 310 g/mol. The molecule has 1 rings (SSSR count). The third-order valence-corrected chi connectivity index (χ3v) is 4.61. The molecule has 6 heteroatoms. The van der Waals surface area contributed by atoms with Crippen LogP contribution >= 0.6 is 11.8 Å². The minimum absolute atomic E-state index is 0.133. The second kappa shape index (κ2) is 7.47. The van der Waals surface area contributed by atoms with Crippen molar-refractivity contribution in [3.8, 4) is 0 Å². The van der Waals surface area contributed by atoms with Crippen molar-refractivity contribution in [1.29, 1.82) is 0 Å². The van der Waals surface area contributed by atoms with Gasteiger partial charge >= 0.3 is 5.97 Å². The lowest BCUT2D eigenvalue weighted by Crippen LogP contribution is -2.47. The molecule has 0 aliphatic carbocycles. The van der Waals surface area contributed by atoms with Gasteiger partial charge in [-0.05, 0) is 26.3 Å². The Morgan fingerprint density at radius 2 is 1.90 bits per heavy atom. The molecule has 1 aromatic rings. The second-order valence-corrected chi connectivity index (χ2v) is 7.10. The number of carbonyl (C=O) groups is 2. The van der Waals surface area contributed by atoms with Crippen molar-refractivity contribution < 1.29 is 14.7 Å². The molecule has 0 radical (unpaired) electrons. The van der Waals surface area contributed by atoms with Crippen LogP contribution in [-0.4, -0.2) is 33.5 Å². The van der Waals surface area contributed by atoms with Crippen LogP contribution in [0.1, 0.15) is 25.0 Å². The summed E-state index contributed by atoms with van der Waals surface area (Å²) in [6.07, 6.45) is 0. The molecule has 0 fully saturated rings.